The highest BCUT2D eigenvalue weighted by Crippen LogP contribution is 2.22. The molecule has 0 aliphatic heterocycles. The summed E-state index contributed by atoms with van der Waals surface area (Å²) in [6, 6.07) is 7.53. The van der Waals surface area contributed by atoms with Gasteiger partial charge in [0.15, 0.2) is 0 Å². The minimum atomic E-state index is -0.173. The van der Waals surface area contributed by atoms with Crippen LogP contribution in [0.4, 0.5) is 5.69 Å². The zero-order valence-electron chi connectivity index (χ0n) is 13.4. The first-order valence-electron chi connectivity index (χ1n) is 7.14. The Hall–Kier alpha value is -2.96. The summed E-state index contributed by atoms with van der Waals surface area (Å²) in [5.41, 5.74) is 1.94. The average molecular weight is 311 g/mol. The summed E-state index contributed by atoms with van der Waals surface area (Å²) in [6.45, 7) is 3.58. The van der Waals surface area contributed by atoms with E-state index < -0.39 is 0 Å². The third-order valence-electron chi connectivity index (χ3n) is 3.64. The number of aromatic nitrogens is 3. The van der Waals surface area contributed by atoms with E-state index >= 15 is 0 Å². The van der Waals surface area contributed by atoms with E-state index in [9.17, 15) is 4.79 Å². The topological polar surface area (TPSA) is 85.3 Å². The van der Waals surface area contributed by atoms with Crippen LogP contribution in [0.1, 0.15) is 12.8 Å². The van der Waals surface area contributed by atoms with Crippen molar-refractivity contribution in [1.82, 2.24) is 14.8 Å². The summed E-state index contributed by atoms with van der Waals surface area (Å²) in [5, 5.41) is 11.8. The van der Waals surface area contributed by atoms with E-state index in [0.717, 1.165) is 22.4 Å². The Morgan fingerprint density at radius 2 is 2.09 bits per heavy atom. The highest BCUT2D eigenvalue weighted by molar-refractivity contribution is 5.96. The molecule has 0 unspecified atom stereocenters. The van der Waals surface area contributed by atoms with Gasteiger partial charge in [0, 0.05) is 32.1 Å². The molecule has 118 valence electrons. The van der Waals surface area contributed by atoms with Crippen LogP contribution in [0.3, 0.4) is 0 Å². The highest BCUT2D eigenvalue weighted by Gasteiger charge is 2.14. The molecule has 0 aliphatic carbocycles. The molecular weight excluding hydrogens is 294 g/mol. The molecule has 0 saturated carbocycles. The predicted octanol–water partition coefficient (Wildman–Crippen LogP) is 2.36. The fraction of sp³-hybridized carbons (Fsp3) is 0.250. The third-order valence-corrected chi connectivity index (χ3v) is 3.64. The smallest absolute Gasteiger partial charge is 0.263 e. The summed E-state index contributed by atoms with van der Waals surface area (Å²) in [5.74, 6) is 1.46. The first-order chi connectivity index (χ1) is 11.0. The second-order valence-corrected chi connectivity index (χ2v) is 5.26. The van der Waals surface area contributed by atoms with Crippen LogP contribution in [0.25, 0.3) is 22.4 Å². The Bertz CT molecular complexity index is 968. The second-order valence-electron chi connectivity index (χ2n) is 5.26. The van der Waals surface area contributed by atoms with Crippen LogP contribution in [-0.4, -0.2) is 27.6 Å². The quantitative estimate of drug-likeness (QED) is 0.580. The summed E-state index contributed by atoms with van der Waals surface area (Å²) in [4.78, 5) is 16.6. The lowest BCUT2D eigenvalue weighted by molar-refractivity contribution is 0.531. The molecule has 1 N–H and O–H groups in total. The van der Waals surface area contributed by atoms with Crippen molar-refractivity contribution in [2.24, 2.45) is 12.0 Å². The lowest BCUT2D eigenvalue weighted by Crippen LogP contribution is -2.19. The van der Waals surface area contributed by atoms with Gasteiger partial charge in [0.1, 0.15) is 5.56 Å². The summed E-state index contributed by atoms with van der Waals surface area (Å²) in [7, 11) is 3.45. The van der Waals surface area contributed by atoms with Gasteiger partial charge < -0.3 is 14.3 Å². The van der Waals surface area contributed by atoms with Crippen LogP contribution >= 0.6 is 0 Å². The number of anilines is 1. The predicted molar refractivity (Wildman–Crippen MR) is 89.9 cm³/mol. The number of benzene rings is 1. The van der Waals surface area contributed by atoms with Crippen molar-refractivity contribution in [2.75, 3.05) is 12.4 Å². The van der Waals surface area contributed by atoms with Gasteiger partial charge in [-0.3, -0.25) is 9.79 Å². The Morgan fingerprint density at radius 3 is 2.74 bits per heavy atom. The zero-order chi connectivity index (χ0) is 16.6. The number of aliphatic imine (C=N–C) groups is 1. The Balaban J connectivity index is 2.19. The molecule has 23 heavy (non-hydrogen) atoms. The number of hydrogen-bond acceptors (Lipinski definition) is 5. The van der Waals surface area contributed by atoms with Crippen LogP contribution in [0, 0.1) is 6.92 Å². The maximum absolute atomic E-state index is 12.5. The van der Waals surface area contributed by atoms with Gasteiger partial charge in [-0.1, -0.05) is 0 Å². The molecule has 3 rings (SSSR count). The van der Waals surface area contributed by atoms with Gasteiger partial charge >= 0.3 is 0 Å². The van der Waals surface area contributed by atoms with Crippen LogP contribution < -0.4 is 10.9 Å². The van der Waals surface area contributed by atoms with Crippen molar-refractivity contribution in [3.05, 3.63) is 40.5 Å². The van der Waals surface area contributed by atoms with Crippen LogP contribution in [0.15, 0.2) is 38.5 Å². The maximum atomic E-state index is 12.5. The molecular formula is C16H17N5O2. The third kappa shape index (κ3) is 2.73. The van der Waals surface area contributed by atoms with Crippen molar-refractivity contribution in [3.8, 4) is 11.5 Å². The fourth-order valence-corrected chi connectivity index (χ4v) is 2.38. The Labute approximate surface area is 132 Å². The molecule has 3 aromatic rings. The SMILES string of the molecule is CN=C(C)Nc1ccc2c(c1)cc(-c1nnc(C)o1)c(=O)n2C. The lowest BCUT2D eigenvalue weighted by atomic mass is 10.1. The van der Waals surface area contributed by atoms with Gasteiger partial charge in [0.05, 0.1) is 11.4 Å². The van der Waals surface area contributed by atoms with Crippen LogP contribution in [0.5, 0.6) is 0 Å². The second kappa shape index (κ2) is 5.68. The van der Waals surface area contributed by atoms with Crippen molar-refractivity contribution in [2.45, 2.75) is 13.8 Å². The van der Waals surface area contributed by atoms with Crippen molar-refractivity contribution < 1.29 is 4.42 Å². The molecule has 0 radical (unpaired) electrons. The van der Waals surface area contributed by atoms with Crippen LogP contribution in [-0.2, 0) is 7.05 Å². The van der Waals surface area contributed by atoms with Gasteiger partial charge in [-0.2, -0.15) is 0 Å². The molecule has 1 aromatic carbocycles. The number of rotatable bonds is 2. The standard InChI is InChI=1S/C16H17N5O2/c1-9(17-3)18-12-5-6-14-11(7-12)8-13(16(22)21(14)4)15-20-19-10(2)23-15/h5-8H,1-4H3,(H,17,18). The lowest BCUT2D eigenvalue weighted by Gasteiger charge is -2.10. The van der Waals surface area contributed by atoms with E-state index in [4.69, 9.17) is 4.42 Å². The summed E-state index contributed by atoms with van der Waals surface area (Å²) < 4.78 is 6.97. The molecule has 7 nitrogen and oxygen atoms in total. The largest absolute Gasteiger partial charge is 0.421 e. The van der Waals surface area contributed by atoms with Gasteiger partial charge in [0.25, 0.3) is 11.4 Å². The zero-order valence-corrected chi connectivity index (χ0v) is 13.4. The van der Waals surface area contributed by atoms with Gasteiger partial charge in [0.2, 0.25) is 5.89 Å². The molecule has 0 atom stereocenters. The first-order valence-corrected chi connectivity index (χ1v) is 7.14. The van der Waals surface area contributed by atoms with Gasteiger partial charge in [-0.25, -0.2) is 0 Å². The summed E-state index contributed by atoms with van der Waals surface area (Å²) in [6.07, 6.45) is 0. The Kier molecular flexibility index (Phi) is 3.69. The number of fused-ring (bicyclic) bond motifs is 1. The molecule has 0 spiro atoms. The number of nitrogens with zero attached hydrogens (tertiary/aromatic N) is 4. The molecule has 2 aromatic heterocycles. The highest BCUT2D eigenvalue weighted by atomic mass is 16.4. The average Bonchev–Trinajstić information content (AvgIpc) is 2.97. The van der Waals surface area contributed by atoms with E-state index in [2.05, 4.69) is 20.5 Å². The van der Waals surface area contributed by atoms with E-state index in [0.29, 0.717) is 11.5 Å². The maximum Gasteiger partial charge on any atom is 0.263 e. The van der Waals surface area contributed by atoms with Gasteiger partial charge in [-0.05, 0) is 31.2 Å². The first kappa shape index (κ1) is 15.0. The molecule has 2 heterocycles. The van der Waals surface area contributed by atoms with Crippen molar-refractivity contribution in [1.29, 1.82) is 0 Å². The minimum absolute atomic E-state index is 0.173. The number of hydrogen-bond donors (Lipinski definition) is 1. The Morgan fingerprint density at radius 1 is 1.30 bits per heavy atom. The number of nitrogens with one attached hydrogen (secondary N) is 1. The molecule has 0 bridgehead atoms. The monoisotopic (exact) mass is 311 g/mol. The molecule has 0 fully saturated rings. The minimum Gasteiger partial charge on any atom is -0.421 e. The fourth-order valence-electron chi connectivity index (χ4n) is 2.38. The molecule has 7 heteroatoms. The van der Waals surface area contributed by atoms with E-state index in [-0.39, 0.29) is 11.4 Å². The van der Waals surface area contributed by atoms with E-state index in [1.807, 2.05) is 25.1 Å². The normalized spacial score (nSPS) is 11.9. The number of aryl methyl sites for hydroxylation is 2. The van der Waals surface area contributed by atoms with E-state index in [1.54, 1.807) is 31.7 Å². The van der Waals surface area contributed by atoms with E-state index in [1.165, 1.54) is 0 Å². The molecule has 0 aliphatic rings. The van der Waals surface area contributed by atoms with Crippen molar-refractivity contribution in [3.63, 3.8) is 0 Å². The number of pyridine rings is 1. The van der Waals surface area contributed by atoms with Crippen molar-refractivity contribution >= 4 is 22.4 Å². The van der Waals surface area contributed by atoms with Crippen LogP contribution in [0.2, 0.25) is 0 Å². The number of amidine groups is 1. The molecule has 0 saturated heterocycles. The van der Waals surface area contributed by atoms with Gasteiger partial charge in [-0.15, -0.1) is 10.2 Å². The summed E-state index contributed by atoms with van der Waals surface area (Å²) >= 11 is 0. The molecule has 0 amide bonds.